The second kappa shape index (κ2) is 9.52. The van der Waals surface area contributed by atoms with Crippen LogP contribution in [-0.2, 0) is 0 Å². The van der Waals surface area contributed by atoms with Gasteiger partial charge >= 0.3 is 197 Å². The first kappa shape index (κ1) is 23.3. The minimum atomic E-state index is -2.32. The molecule has 3 aromatic carbocycles. The van der Waals surface area contributed by atoms with Crippen molar-refractivity contribution in [2.45, 2.75) is 71.4 Å². The van der Waals surface area contributed by atoms with Gasteiger partial charge in [-0.05, 0) is 0 Å². The third-order valence-corrected chi connectivity index (χ3v) is 14.0. The van der Waals surface area contributed by atoms with E-state index >= 15 is 0 Å². The molecular formula is C31H41P. The van der Waals surface area contributed by atoms with Crippen LogP contribution in [0.3, 0.4) is 0 Å². The fourth-order valence-corrected chi connectivity index (χ4v) is 13.2. The molecular weight excluding hydrogens is 403 g/mol. The Balaban J connectivity index is 1.92. The van der Waals surface area contributed by atoms with Gasteiger partial charge in [0, 0.05) is 0 Å². The quantitative estimate of drug-likeness (QED) is 0.331. The van der Waals surface area contributed by atoms with Crippen LogP contribution in [0, 0.1) is 11.3 Å². The van der Waals surface area contributed by atoms with E-state index in [0.29, 0.717) is 5.41 Å². The molecule has 0 N–H and O–H groups in total. The molecule has 3 aromatic rings. The molecule has 0 aliphatic heterocycles. The first-order valence-corrected chi connectivity index (χ1v) is 14.5. The van der Waals surface area contributed by atoms with E-state index in [1.165, 1.54) is 54.4 Å². The van der Waals surface area contributed by atoms with Crippen molar-refractivity contribution in [1.82, 2.24) is 0 Å². The Bertz CT molecular complexity index is 870. The molecule has 170 valence electrons. The summed E-state index contributed by atoms with van der Waals surface area (Å²) >= 11 is 0. The summed E-state index contributed by atoms with van der Waals surface area (Å²) in [7, 11) is -2.32. The molecule has 0 amide bonds. The van der Waals surface area contributed by atoms with E-state index in [-0.39, 0.29) is 5.16 Å². The molecule has 0 saturated heterocycles. The van der Waals surface area contributed by atoms with E-state index in [4.69, 9.17) is 0 Å². The molecule has 0 aromatic heterocycles. The van der Waals surface area contributed by atoms with E-state index in [9.17, 15) is 0 Å². The van der Waals surface area contributed by atoms with E-state index in [0.717, 1.165) is 5.92 Å². The Hall–Kier alpha value is -1.91. The van der Waals surface area contributed by atoms with E-state index in [1.54, 1.807) is 0 Å². The van der Waals surface area contributed by atoms with Crippen molar-refractivity contribution in [3.8, 4) is 0 Å². The zero-order valence-corrected chi connectivity index (χ0v) is 21.5. The van der Waals surface area contributed by atoms with Crippen LogP contribution in [0.1, 0.15) is 66.2 Å². The summed E-state index contributed by atoms with van der Waals surface area (Å²) in [4.78, 5) is 0. The predicted octanol–water partition coefficient (Wildman–Crippen LogP) is 7.49. The summed E-state index contributed by atoms with van der Waals surface area (Å²) in [6.45, 7) is 10.3. The summed E-state index contributed by atoms with van der Waals surface area (Å²) in [6.07, 6.45) is 8.29. The standard InChI is InChI=1S/C31H41P/c1-30(2,26-17-9-5-10-18-26)25-31(3,4)32(27-19-11-6-12-20-27,28-21-13-7-14-22-28)29-23-15-8-16-24-29/h6-8,11-16,19-24,26,32H,5,9-10,17-18,25H2,1-4H3. The molecule has 1 heteroatoms. The average molecular weight is 445 g/mol. The van der Waals surface area contributed by atoms with Crippen molar-refractivity contribution in [1.29, 1.82) is 0 Å². The molecule has 0 radical (unpaired) electrons. The van der Waals surface area contributed by atoms with Gasteiger partial charge in [0.25, 0.3) is 0 Å². The summed E-state index contributed by atoms with van der Waals surface area (Å²) in [5.74, 6) is 0.838. The van der Waals surface area contributed by atoms with Gasteiger partial charge in [-0.1, -0.05) is 0 Å². The molecule has 1 aliphatic carbocycles. The second-order valence-electron chi connectivity index (χ2n) is 11.2. The number of rotatable bonds is 7. The van der Waals surface area contributed by atoms with Crippen molar-refractivity contribution in [3.05, 3.63) is 91.0 Å². The second-order valence-corrected chi connectivity index (χ2v) is 15.8. The van der Waals surface area contributed by atoms with Gasteiger partial charge in [0.2, 0.25) is 0 Å². The zero-order chi connectivity index (χ0) is 22.7. The SMILES string of the molecule is CC(C)(CC(C)(C)[PH](c1ccccc1)(c1ccccc1)c1ccccc1)C1CCCCC1. The molecule has 4 rings (SSSR count). The van der Waals surface area contributed by atoms with Crippen LogP contribution in [0.4, 0.5) is 0 Å². The van der Waals surface area contributed by atoms with Gasteiger partial charge < -0.3 is 0 Å². The molecule has 0 bridgehead atoms. The van der Waals surface area contributed by atoms with Gasteiger partial charge in [-0.2, -0.15) is 0 Å². The number of hydrogen-bond acceptors (Lipinski definition) is 0. The summed E-state index contributed by atoms with van der Waals surface area (Å²) < 4.78 is 0. The maximum absolute atomic E-state index is 2.58. The van der Waals surface area contributed by atoms with Crippen LogP contribution >= 0.6 is 7.26 Å². The van der Waals surface area contributed by atoms with Gasteiger partial charge in [-0.15, -0.1) is 0 Å². The normalized spacial score (nSPS) is 16.6. The first-order valence-electron chi connectivity index (χ1n) is 12.5. The monoisotopic (exact) mass is 444 g/mol. The number of benzene rings is 3. The topological polar surface area (TPSA) is 0 Å². The van der Waals surface area contributed by atoms with Gasteiger partial charge in [0.05, 0.1) is 0 Å². The third kappa shape index (κ3) is 4.32. The molecule has 0 nitrogen and oxygen atoms in total. The molecule has 32 heavy (non-hydrogen) atoms. The fraction of sp³-hybridized carbons (Fsp3) is 0.419. The van der Waals surface area contributed by atoms with Crippen LogP contribution in [0.2, 0.25) is 0 Å². The van der Waals surface area contributed by atoms with Gasteiger partial charge in [0.15, 0.2) is 0 Å². The first-order chi connectivity index (χ1) is 15.4. The Morgan fingerprint density at radius 2 is 0.969 bits per heavy atom. The fourth-order valence-electron chi connectivity index (χ4n) is 7.04. The van der Waals surface area contributed by atoms with Crippen LogP contribution < -0.4 is 15.9 Å². The van der Waals surface area contributed by atoms with Crippen molar-refractivity contribution in [3.63, 3.8) is 0 Å². The Morgan fingerprint density at radius 1 is 0.594 bits per heavy atom. The average Bonchev–Trinajstić information content (AvgIpc) is 2.81. The minimum absolute atomic E-state index is 0.151. The van der Waals surface area contributed by atoms with Crippen LogP contribution in [0.5, 0.6) is 0 Å². The van der Waals surface area contributed by atoms with Crippen molar-refractivity contribution >= 4 is 23.2 Å². The molecule has 0 heterocycles. The molecule has 0 spiro atoms. The van der Waals surface area contributed by atoms with Crippen molar-refractivity contribution < 1.29 is 0 Å². The van der Waals surface area contributed by atoms with Crippen molar-refractivity contribution in [2.75, 3.05) is 0 Å². The molecule has 1 saturated carbocycles. The summed E-state index contributed by atoms with van der Waals surface area (Å²) in [5, 5.41) is 4.74. The Kier molecular flexibility index (Phi) is 6.92. The molecule has 0 atom stereocenters. The van der Waals surface area contributed by atoms with Gasteiger partial charge in [-0.25, -0.2) is 0 Å². The zero-order valence-electron chi connectivity index (χ0n) is 20.5. The van der Waals surface area contributed by atoms with Crippen LogP contribution in [-0.4, -0.2) is 5.16 Å². The predicted molar refractivity (Wildman–Crippen MR) is 146 cm³/mol. The van der Waals surface area contributed by atoms with E-state index in [2.05, 4.69) is 119 Å². The van der Waals surface area contributed by atoms with Gasteiger partial charge in [0.1, 0.15) is 0 Å². The Labute approximate surface area is 196 Å². The third-order valence-electron chi connectivity index (χ3n) is 8.24. The van der Waals surface area contributed by atoms with Crippen LogP contribution in [0.25, 0.3) is 0 Å². The maximum atomic E-state index is 2.58. The number of hydrogen-bond donors (Lipinski definition) is 0. The molecule has 1 fully saturated rings. The molecule has 1 aliphatic rings. The van der Waals surface area contributed by atoms with Crippen LogP contribution in [0.15, 0.2) is 91.0 Å². The summed E-state index contributed by atoms with van der Waals surface area (Å²) in [6, 6.07) is 34.4. The van der Waals surface area contributed by atoms with Crippen molar-refractivity contribution in [2.24, 2.45) is 11.3 Å². The van der Waals surface area contributed by atoms with Gasteiger partial charge in [-0.3, -0.25) is 0 Å². The molecule has 0 unspecified atom stereocenters. The van der Waals surface area contributed by atoms with E-state index < -0.39 is 7.26 Å². The summed E-state index contributed by atoms with van der Waals surface area (Å²) in [5.41, 5.74) is 0.334. The van der Waals surface area contributed by atoms with E-state index in [1.807, 2.05) is 0 Å². The Morgan fingerprint density at radius 3 is 1.34 bits per heavy atom.